The van der Waals surface area contributed by atoms with Gasteiger partial charge in [0.25, 0.3) is 20.0 Å². The van der Waals surface area contributed by atoms with Crippen molar-refractivity contribution < 1.29 is 21.6 Å². The zero-order valence-electron chi connectivity index (χ0n) is 17.0. The van der Waals surface area contributed by atoms with Gasteiger partial charge in [0.15, 0.2) is 0 Å². The summed E-state index contributed by atoms with van der Waals surface area (Å²) in [5.41, 5.74) is 1.69. The Kier molecular flexibility index (Phi) is 6.49. The van der Waals surface area contributed by atoms with Gasteiger partial charge in [-0.2, -0.15) is 0 Å². The van der Waals surface area contributed by atoms with Gasteiger partial charge in [0.2, 0.25) is 0 Å². The molecule has 3 aromatic rings. The number of para-hydroxylation sites is 1. The third kappa shape index (κ3) is 5.12. The largest absolute Gasteiger partial charge is 0.495 e. The molecule has 164 valence electrons. The average Bonchev–Trinajstić information content (AvgIpc) is 2.69. The SMILES string of the molecule is COc1ccc(S(=O)(=O)Nc2ccccc2Cl)cc1NS(=O)(=O)c1ccc(C)cc1C. The van der Waals surface area contributed by atoms with Crippen molar-refractivity contribution in [1.82, 2.24) is 0 Å². The molecule has 0 aromatic heterocycles. The van der Waals surface area contributed by atoms with Gasteiger partial charge in [-0.25, -0.2) is 16.8 Å². The molecule has 7 nitrogen and oxygen atoms in total. The fourth-order valence-electron chi connectivity index (χ4n) is 2.98. The molecule has 0 aliphatic rings. The van der Waals surface area contributed by atoms with Crippen LogP contribution in [0.25, 0.3) is 0 Å². The average molecular weight is 481 g/mol. The Labute approximate surface area is 187 Å². The highest BCUT2D eigenvalue weighted by Crippen LogP contribution is 2.32. The molecule has 31 heavy (non-hydrogen) atoms. The maximum atomic E-state index is 12.9. The number of benzene rings is 3. The van der Waals surface area contributed by atoms with Crippen molar-refractivity contribution in [3.8, 4) is 5.75 Å². The van der Waals surface area contributed by atoms with Crippen LogP contribution in [0.3, 0.4) is 0 Å². The molecule has 0 heterocycles. The molecular formula is C21H21ClN2O5S2. The molecule has 0 bridgehead atoms. The van der Waals surface area contributed by atoms with Crippen molar-refractivity contribution in [3.63, 3.8) is 0 Å². The van der Waals surface area contributed by atoms with Crippen LogP contribution in [-0.4, -0.2) is 23.9 Å². The van der Waals surface area contributed by atoms with Crippen molar-refractivity contribution in [1.29, 1.82) is 0 Å². The highest BCUT2D eigenvalue weighted by atomic mass is 35.5. The van der Waals surface area contributed by atoms with E-state index in [9.17, 15) is 16.8 Å². The minimum atomic E-state index is -4.04. The molecule has 10 heteroatoms. The van der Waals surface area contributed by atoms with Crippen molar-refractivity contribution >= 4 is 43.0 Å². The predicted octanol–water partition coefficient (Wildman–Crippen LogP) is 4.57. The summed E-state index contributed by atoms with van der Waals surface area (Å²) in [6.07, 6.45) is 0. The Bertz CT molecular complexity index is 1340. The molecule has 0 aliphatic heterocycles. The number of sulfonamides is 2. The topological polar surface area (TPSA) is 102 Å². The summed E-state index contributed by atoms with van der Waals surface area (Å²) >= 11 is 6.04. The number of hydrogen-bond donors (Lipinski definition) is 2. The number of rotatable bonds is 7. The molecule has 0 unspecified atom stereocenters. The number of methoxy groups -OCH3 is 1. The zero-order chi connectivity index (χ0) is 22.8. The maximum Gasteiger partial charge on any atom is 0.262 e. The van der Waals surface area contributed by atoms with Crippen LogP contribution in [-0.2, 0) is 20.0 Å². The highest BCUT2D eigenvalue weighted by molar-refractivity contribution is 7.93. The molecule has 0 atom stereocenters. The van der Waals surface area contributed by atoms with Gasteiger partial charge in [0, 0.05) is 0 Å². The van der Waals surface area contributed by atoms with E-state index in [1.54, 1.807) is 37.3 Å². The minimum Gasteiger partial charge on any atom is -0.495 e. The van der Waals surface area contributed by atoms with Crippen LogP contribution in [0.15, 0.2) is 70.5 Å². The highest BCUT2D eigenvalue weighted by Gasteiger charge is 2.22. The molecule has 0 fully saturated rings. The van der Waals surface area contributed by atoms with Crippen LogP contribution in [0.4, 0.5) is 11.4 Å². The first-order valence-corrected chi connectivity index (χ1v) is 12.4. The Morgan fingerprint density at radius 3 is 2.13 bits per heavy atom. The van der Waals surface area contributed by atoms with Gasteiger partial charge in [-0.1, -0.05) is 41.4 Å². The van der Waals surface area contributed by atoms with E-state index in [1.165, 1.54) is 37.4 Å². The Balaban J connectivity index is 2.00. The second-order valence-corrected chi connectivity index (χ2v) is 10.6. The van der Waals surface area contributed by atoms with Crippen LogP contribution in [0.2, 0.25) is 5.02 Å². The summed E-state index contributed by atoms with van der Waals surface area (Å²) in [6.45, 7) is 3.55. The van der Waals surface area contributed by atoms with Gasteiger partial charge in [0.05, 0.1) is 33.3 Å². The van der Waals surface area contributed by atoms with Crippen LogP contribution in [0, 0.1) is 13.8 Å². The summed E-state index contributed by atoms with van der Waals surface area (Å²) in [5.74, 6) is 0.171. The summed E-state index contributed by atoms with van der Waals surface area (Å²) in [7, 11) is -6.67. The third-order valence-corrected chi connectivity index (χ3v) is 7.68. The van der Waals surface area contributed by atoms with E-state index in [4.69, 9.17) is 16.3 Å². The Morgan fingerprint density at radius 1 is 0.806 bits per heavy atom. The van der Waals surface area contributed by atoms with E-state index in [2.05, 4.69) is 9.44 Å². The summed E-state index contributed by atoms with van der Waals surface area (Å²) in [5, 5.41) is 0.232. The fourth-order valence-corrected chi connectivity index (χ4v) is 5.62. The molecule has 0 saturated carbocycles. The van der Waals surface area contributed by atoms with Crippen LogP contribution < -0.4 is 14.2 Å². The first-order chi connectivity index (χ1) is 14.5. The minimum absolute atomic E-state index is 0.00971. The molecule has 0 amide bonds. The number of hydrogen-bond acceptors (Lipinski definition) is 5. The van der Waals surface area contributed by atoms with Gasteiger partial charge in [-0.3, -0.25) is 9.44 Å². The lowest BCUT2D eigenvalue weighted by Gasteiger charge is -2.15. The normalized spacial score (nSPS) is 11.7. The molecule has 3 rings (SSSR count). The van der Waals surface area contributed by atoms with E-state index >= 15 is 0 Å². The monoisotopic (exact) mass is 480 g/mol. The van der Waals surface area contributed by atoms with Crippen LogP contribution in [0.1, 0.15) is 11.1 Å². The summed E-state index contributed by atoms with van der Waals surface area (Å²) < 4.78 is 61.6. The molecule has 3 aromatic carbocycles. The number of anilines is 2. The first-order valence-electron chi connectivity index (χ1n) is 9.09. The summed E-state index contributed by atoms with van der Waals surface area (Å²) in [4.78, 5) is -0.0749. The van der Waals surface area contributed by atoms with Crippen molar-refractivity contribution in [2.24, 2.45) is 0 Å². The summed E-state index contributed by atoms with van der Waals surface area (Å²) in [6, 6.07) is 15.2. The number of ether oxygens (including phenoxy) is 1. The van der Waals surface area contributed by atoms with Crippen molar-refractivity contribution in [2.45, 2.75) is 23.6 Å². The third-order valence-electron chi connectivity index (χ3n) is 4.46. The smallest absolute Gasteiger partial charge is 0.262 e. The van der Waals surface area contributed by atoms with Crippen LogP contribution in [0.5, 0.6) is 5.75 Å². The van der Waals surface area contributed by atoms with Gasteiger partial charge in [-0.15, -0.1) is 0 Å². The van der Waals surface area contributed by atoms with Crippen molar-refractivity contribution in [2.75, 3.05) is 16.6 Å². The molecule has 0 spiro atoms. The molecule has 0 saturated heterocycles. The Morgan fingerprint density at radius 2 is 1.48 bits per heavy atom. The lowest BCUT2D eigenvalue weighted by Crippen LogP contribution is -2.17. The lowest BCUT2D eigenvalue weighted by molar-refractivity contribution is 0.416. The van der Waals surface area contributed by atoms with Gasteiger partial charge in [-0.05, 0) is 55.8 Å². The van der Waals surface area contributed by atoms with Crippen molar-refractivity contribution in [3.05, 3.63) is 76.8 Å². The van der Waals surface area contributed by atoms with Gasteiger partial charge >= 0.3 is 0 Å². The molecular weight excluding hydrogens is 460 g/mol. The molecule has 0 radical (unpaired) electrons. The van der Waals surface area contributed by atoms with E-state index < -0.39 is 20.0 Å². The van der Waals surface area contributed by atoms with Crippen LogP contribution >= 0.6 is 11.6 Å². The predicted molar refractivity (Wildman–Crippen MR) is 122 cm³/mol. The second-order valence-electron chi connectivity index (χ2n) is 6.82. The fraction of sp³-hybridized carbons (Fsp3) is 0.143. The number of nitrogens with one attached hydrogen (secondary N) is 2. The van der Waals surface area contributed by atoms with E-state index in [1.807, 2.05) is 6.92 Å². The Hall–Kier alpha value is -2.75. The van der Waals surface area contributed by atoms with E-state index in [0.29, 0.717) is 5.56 Å². The standard InChI is InChI=1S/C21H21ClN2O5S2/c1-14-8-11-21(15(2)12-14)31(27,28)24-19-13-16(9-10-20(19)29-3)30(25,26)23-18-7-5-4-6-17(18)22/h4-13,23-24H,1-3H3. The number of aryl methyl sites for hydroxylation is 2. The zero-order valence-corrected chi connectivity index (χ0v) is 19.4. The van der Waals surface area contributed by atoms with E-state index in [0.717, 1.165) is 5.56 Å². The molecule has 0 aliphatic carbocycles. The first kappa shape index (κ1) is 22.9. The lowest BCUT2D eigenvalue weighted by atomic mass is 10.2. The van der Waals surface area contributed by atoms with E-state index in [-0.39, 0.29) is 31.9 Å². The molecule has 2 N–H and O–H groups in total. The number of halogens is 1. The van der Waals surface area contributed by atoms with Gasteiger partial charge < -0.3 is 4.74 Å². The van der Waals surface area contributed by atoms with Gasteiger partial charge in [0.1, 0.15) is 5.75 Å². The quantitative estimate of drug-likeness (QED) is 0.516. The maximum absolute atomic E-state index is 12.9. The second kappa shape index (κ2) is 8.78.